The number of likely N-dealkylation sites (N-methyl/N-ethyl adjacent to an activating group) is 1. The summed E-state index contributed by atoms with van der Waals surface area (Å²) < 4.78 is 11.9. The molecular formula is C23H19BrN2O5S. The van der Waals surface area contributed by atoms with E-state index in [2.05, 4.69) is 26.8 Å². The number of halogens is 1. The van der Waals surface area contributed by atoms with Gasteiger partial charge in [-0.2, -0.15) is 0 Å². The first kappa shape index (κ1) is 23.4. The maximum atomic E-state index is 12.8. The molecule has 0 aliphatic carbocycles. The molecule has 7 nitrogen and oxygen atoms in total. The molecule has 9 heteroatoms. The average molecular weight is 515 g/mol. The molecular weight excluding hydrogens is 496 g/mol. The summed E-state index contributed by atoms with van der Waals surface area (Å²) in [5, 5.41) is 9.50. The van der Waals surface area contributed by atoms with Crippen LogP contribution in [0, 0.1) is 12.3 Å². The molecule has 0 spiro atoms. The van der Waals surface area contributed by atoms with Crippen molar-refractivity contribution < 1.29 is 24.2 Å². The second-order valence-electron chi connectivity index (χ2n) is 6.47. The number of amides is 1. The van der Waals surface area contributed by atoms with Crippen molar-refractivity contribution in [2.24, 2.45) is 4.99 Å². The lowest BCUT2D eigenvalue weighted by molar-refractivity contribution is -0.121. The number of amidine groups is 1. The van der Waals surface area contributed by atoms with E-state index in [-0.39, 0.29) is 18.1 Å². The van der Waals surface area contributed by atoms with Crippen molar-refractivity contribution >= 4 is 56.5 Å². The monoisotopic (exact) mass is 514 g/mol. The quantitative estimate of drug-likeness (QED) is 0.422. The third kappa shape index (κ3) is 5.33. The normalized spacial score (nSPS) is 15.8. The first-order valence-corrected chi connectivity index (χ1v) is 11.1. The zero-order chi connectivity index (χ0) is 23.3. The fourth-order valence-electron chi connectivity index (χ4n) is 2.74. The Morgan fingerprint density at radius 1 is 1.28 bits per heavy atom. The zero-order valence-electron chi connectivity index (χ0n) is 17.3. The Hall–Kier alpha value is -3.22. The van der Waals surface area contributed by atoms with Crippen LogP contribution in [0.5, 0.6) is 11.5 Å². The topological polar surface area (TPSA) is 88.4 Å². The van der Waals surface area contributed by atoms with Crippen molar-refractivity contribution in [3.05, 3.63) is 56.9 Å². The fraction of sp³-hybridized carbons (Fsp3) is 0.174. The maximum absolute atomic E-state index is 12.8. The Kier molecular flexibility index (Phi) is 7.62. The van der Waals surface area contributed by atoms with Crippen molar-refractivity contribution in [3.8, 4) is 23.8 Å². The van der Waals surface area contributed by atoms with Gasteiger partial charge in [-0.05, 0) is 66.7 Å². The lowest BCUT2D eigenvalue weighted by Crippen LogP contribution is -2.23. The van der Waals surface area contributed by atoms with Crippen molar-refractivity contribution in [3.63, 3.8) is 0 Å². The number of benzene rings is 2. The second-order valence-corrected chi connectivity index (χ2v) is 8.33. The minimum absolute atomic E-state index is 0.110. The first-order chi connectivity index (χ1) is 15.3. The Balaban J connectivity index is 1.90. The summed E-state index contributed by atoms with van der Waals surface area (Å²) in [6, 6.07) is 9.65. The summed E-state index contributed by atoms with van der Waals surface area (Å²) in [6.45, 7) is 2.42. The third-order valence-corrected chi connectivity index (χ3v) is 6.05. The van der Waals surface area contributed by atoms with E-state index < -0.39 is 5.97 Å². The van der Waals surface area contributed by atoms with Crippen LogP contribution in [0.2, 0.25) is 0 Å². The Labute approximate surface area is 198 Å². The second kappa shape index (κ2) is 10.4. The fourth-order valence-corrected chi connectivity index (χ4v) is 4.16. The maximum Gasteiger partial charge on any atom is 0.335 e. The molecule has 0 unspecified atom stereocenters. The number of hydrogen-bond donors (Lipinski definition) is 1. The zero-order valence-corrected chi connectivity index (χ0v) is 19.7. The highest BCUT2D eigenvalue weighted by Gasteiger charge is 2.30. The van der Waals surface area contributed by atoms with Crippen LogP contribution in [-0.4, -0.2) is 47.3 Å². The van der Waals surface area contributed by atoms with Crippen LogP contribution in [0.3, 0.4) is 0 Å². The van der Waals surface area contributed by atoms with E-state index in [4.69, 9.17) is 21.0 Å². The minimum Gasteiger partial charge on any atom is -0.490 e. The highest BCUT2D eigenvalue weighted by atomic mass is 79.9. The van der Waals surface area contributed by atoms with Gasteiger partial charge in [0.25, 0.3) is 5.91 Å². The smallest absolute Gasteiger partial charge is 0.335 e. The number of rotatable bonds is 7. The van der Waals surface area contributed by atoms with E-state index in [0.717, 1.165) is 5.56 Å². The van der Waals surface area contributed by atoms with E-state index in [1.807, 2.05) is 6.92 Å². The number of thioether (sulfide) groups is 1. The van der Waals surface area contributed by atoms with Gasteiger partial charge >= 0.3 is 5.97 Å². The highest BCUT2D eigenvalue weighted by molar-refractivity contribution is 9.10. The Bertz CT molecular complexity index is 1150. The van der Waals surface area contributed by atoms with Gasteiger partial charge in [-0.15, -0.1) is 6.42 Å². The molecule has 1 amide bonds. The van der Waals surface area contributed by atoms with Gasteiger partial charge in [-0.3, -0.25) is 9.69 Å². The molecule has 0 saturated carbocycles. The molecule has 32 heavy (non-hydrogen) atoms. The molecule has 2 aromatic rings. The molecule has 0 atom stereocenters. The molecule has 2 aromatic carbocycles. The standard InChI is InChI=1S/C23H19BrN2O5S/c1-4-10-31-19-13-17(24)15(11-18(19)30-5-2)12-20-21(27)26(3)23(32-20)25-16-8-6-14(7-9-16)22(28)29/h1,6-9,11-13H,5,10H2,2-3H3,(H,28,29)/b20-12-,25-23?. The molecule has 0 radical (unpaired) electrons. The number of hydrogen-bond acceptors (Lipinski definition) is 6. The van der Waals surface area contributed by atoms with Gasteiger partial charge in [0.1, 0.15) is 6.61 Å². The van der Waals surface area contributed by atoms with Gasteiger partial charge in [0.2, 0.25) is 0 Å². The van der Waals surface area contributed by atoms with Crippen molar-refractivity contribution in [2.75, 3.05) is 20.3 Å². The largest absolute Gasteiger partial charge is 0.490 e. The molecule has 1 saturated heterocycles. The molecule has 1 aliphatic heterocycles. The van der Waals surface area contributed by atoms with Crippen LogP contribution in [0.15, 0.2) is 50.8 Å². The highest BCUT2D eigenvalue weighted by Crippen LogP contribution is 2.38. The van der Waals surface area contributed by atoms with E-state index in [1.54, 1.807) is 37.4 Å². The van der Waals surface area contributed by atoms with Crippen LogP contribution in [0.1, 0.15) is 22.8 Å². The molecule has 1 aliphatic rings. The number of aromatic carboxylic acids is 1. The number of ether oxygens (including phenoxy) is 2. The summed E-state index contributed by atoms with van der Waals surface area (Å²) in [4.78, 5) is 30.2. The van der Waals surface area contributed by atoms with Crippen LogP contribution in [0.25, 0.3) is 6.08 Å². The summed E-state index contributed by atoms with van der Waals surface area (Å²) >= 11 is 4.73. The summed E-state index contributed by atoms with van der Waals surface area (Å²) in [7, 11) is 1.64. The number of carboxylic acids is 1. The summed E-state index contributed by atoms with van der Waals surface area (Å²) in [6.07, 6.45) is 7.02. The van der Waals surface area contributed by atoms with Gasteiger partial charge in [0.15, 0.2) is 16.7 Å². The van der Waals surface area contributed by atoms with Crippen LogP contribution in [-0.2, 0) is 4.79 Å². The summed E-state index contributed by atoms with van der Waals surface area (Å²) in [5.74, 6) is 2.24. The molecule has 1 heterocycles. The Morgan fingerprint density at radius 3 is 2.59 bits per heavy atom. The minimum atomic E-state index is -1.01. The van der Waals surface area contributed by atoms with Gasteiger partial charge < -0.3 is 14.6 Å². The van der Waals surface area contributed by atoms with Gasteiger partial charge in [-0.25, -0.2) is 9.79 Å². The van der Waals surface area contributed by atoms with E-state index in [9.17, 15) is 9.59 Å². The average Bonchev–Trinajstić information content (AvgIpc) is 3.03. The predicted octanol–water partition coefficient (Wildman–Crippen LogP) is 4.79. The van der Waals surface area contributed by atoms with Gasteiger partial charge in [0, 0.05) is 11.5 Å². The van der Waals surface area contributed by atoms with Crippen molar-refractivity contribution in [1.82, 2.24) is 4.90 Å². The molecule has 1 N–H and O–H groups in total. The van der Waals surface area contributed by atoms with Crippen molar-refractivity contribution in [1.29, 1.82) is 0 Å². The van der Waals surface area contributed by atoms with Crippen molar-refractivity contribution in [2.45, 2.75) is 6.92 Å². The number of aliphatic imine (C=N–C) groups is 1. The van der Waals surface area contributed by atoms with Gasteiger partial charge in [0.05, 0.1) is 22.8 Å². The lowest BCUT2D eigenvalue weighted by Gasteiger charge is -2.12. The van der Waals surface area contributed by atoms with Crippen LogP contribution < -0.4 is 9.47 Å². The predicted molar refractivity (Wildman–Crippen MR) is 128 cm³/mol. The SMILES string of the molecule is C#CCOc1cc(Br)c(/C=C2\SC(=Nc3ccc(C(=O)O)cc3)N(C)C2=O)cc1OCC. The lowest BCUT2D eigenvalue weighted by atomic mass is 10.2. The number of terminal acetylenes is 1. The molecule has 0 bridgehead atoms. The summed E-state index contributed by atoms with van der Waals surface area (Å²) in [5.41, 5.74) is 1.45. The number of nitrogens with zero attached hydrogens (tertiary/aromatic N) is 2. The molecule has 0 aromatic heterocycles. The first-order valence-electron chi connectivity index (χ1n) is 9.46. The van der Waals surface area contributed by atoms with E-state index >= 15 is 0 Å². The number of carbonyl (C=O) groups excluding carboxylic acids is 1. The van der Waals surface area contributed by atoms with Crippen LogP contribution >= 0.6 is 27.7 Å². The van der Waals surface area contributed by atoms with E-state index in [1.165, 1.54) is 28.8 Å². The number of carboxylic acid groups (broad SMARTS) is 1. The Morgan fingerprint density at radius 2 is 1.97 bits per heavy atom. The van der Waals surface area contributed by atoms with Gasteiger partial charge in [-0.1, -0.05) is 21.9 Å². The third-order valence-electron chi connectivity index (χ3n) is 4.30. The molecule has 164 valence electrons. The van der Waals surface area contributed by atoms with Crippen LogP contribution in [0.4, 0.5) is 5.69 Å². The molecule has 3 rings (SSSR count). The van der Waals surface area contributed by atoms with E-state index in [0.29, 0.717) is 38.3 Å². The molecule has 1 fully saturated rings. The number of carbonyl (C=O) groups is 2.